The van der Waals surface area contributed by atoms with Crippen LogP contribution in [0.4, 0.5) is 0 Å². The lowest BCUT2D eigenvalue weighted by Gasteiger charge is -2.21. The van der Waals surface area contributed by atoms with Crippen LogP contribution in [0.25, 0.3) is 0 Å². The summed E-state index contributed by atoms with van der Waals surface area (Å²) >= 11 is 0. The number of phosphoric acid groups is 2. The van der Waals surface area contributed by atoms with Gasteiger partial charge in [-0.3, -0.25) is 37.3 Å². The fourth-order valence-electron chi connectivity index (χ4n) is 10.3. The van der Waals surface area contributed by atoms with Crippen LogP contribution in [-0.4, -0.2) is 96.7 Å². The Bertz CT molecular complexity index is 1730. The smallest absolute Gasteiger partial charge is 0.462 e. The number of ether oxygens (including phenoxy) is 4. The molecule has 0 amide bonds. The molecule has 0 bridgehead atoms. The predicted octanol–water partition coefficient (Wildman–Crippen LogP) is 19.5. The maximum absolute atomic E-state index is 13.0. The van der Waals surface area contributed by atoms with Crippen molar-refractivity contribution >= 4 is 39.5 Å². The van der Waals surface area contributed by atoms with Crippen molar-refractivity contribution in [3.63, 3.8) is 0 Å². The van der Waals surface area contributed by atoms with Crippen molar-refractivity contribution in [2.75, 3.05) is 39.6 Å². The number of phosphoric ester groups is 2. The molecule has 0 rings (SSSR count). The average Bonchev–Trinajstić information content (AvgIpc) is 3.71. The van der Waals surface area contributed by atoms with Crippen LogP contribution in [0, 0.1) is 17.8 Å². The maximum atomic E-state index is 13.0. The number of unbranched alkanes of at least 4 members (excludes halogenated alkanes) is 34. The minimum atomic E-state index is -4.95. The van der Waals surface area contributed by atoms with E-state index in [2.05, 4.69) is 48.5 Å². The third-order valence-electron chi connectivity index (χ3n) is 16.2. The van der Waals surface area contributed by atoms with E-state index in [1.165, 1.54) is 148 Å². The van der Waals surface area contributed by atoms with E-state index in [0.29, 0.717) is 37.5 Å². The lowest BCUT2D eigenvalue weighted by atomic mass is 9.99. The molecule has 0 heterocycles. The standard InChI is InChI=1S/C69H134O17P2/c1-8-10-11-12-13-14-15-16-17-18-19-20-25-28-38-45-52-68(73)85-64(56-79-66(71)50-43-36-27-24-22-21-23-26-35-42-49-62(7)9-2)58-83-87(75,76)81-54-63(70)55-82-88(77,78)84-59-65(86-69(74)53-46-39-32-30-34-41-48-61(5)6)57-80-67(72)51-44-37-31-29-33-40-47-60(3)4/h60-65,70H,8-59H2,1-7H3,(H,75,76)(H,77,78)/t62?,63-,64-,65-/m1/s1. The van der Waals surface area contributed by atoms with Gasteiger partial charge in [0, 0.05) is 25.7 Å². The van der Waals surface area contributed by atoms with E-state index < -0.39 is 97.5 Å². The molecule has 0 aliphatic carbocycles. The van der Waals surface area contributed by atoms with Crippen molar-refractivity contribution in [1.29, 1.82) is 0 Å². The highest BCUT2D eigenvalue weighted by molar-refractivity contribution is 7.47. The first kappa shape index (κ1) is 86.1. The Balaban J connectivity index is 5.23. The summed E-state index contributed by atoms with van der Waals surface area (Å²) in [6, 6.07) is 0. The molecular weight excluding hydrogens is 1160 g/mol. The van der Waals surface area contributed by atoms with Gasteiger partial charge in [-0.1, -0.05) is 292 Å². The Labute approximate surface area is 537 Å². The highest BCUT2D eigenvalue weighted by Crippen LogP contribution is 2.45. The summed E-state index contributed by atoms with van der Waals surface area (Å²) in [7, 11) is -9.90. The van der Waals surface area contributed by atoms with Gasteiger partial charge in [-0.05, 0) is 43.4 Å². The number of carbonyl (C=O) groups is 4. The van der Waals surface area contributed by atoms with Gasteiger partial charge in [-0.2, -0.15) is 0 Å². The molecule has 17 nitrogen and oxygen atoms in total. The second-order valence-corrected chi connectivity index (χ2v) is 29.0. The van der Waals surface area contributed by atoms with E-state index in [9.17, 15) is 43.2 Å². The summed E-state index contributed by atoms with van der Waals surface area (Å²) < 4.78 is 68.2. The number of esters is 4. The molecule has 0 fully saturated rings. The summed E-state index contributed by atoms with van der Waals surface area (Å²) in [5.74, 6) is 0.0250. The van der Waals surface area contributed by atoms with Crippen LogP contribution in [-0.2, 0) is 65.4 Å². The summed E-state index contributed by atoms with van der Waals surface area (Å²) in [6.07, 6.45) is 43.3. The molecule has 0 radical (unpaired) electrons. The number of rotatable bonds is 67. The Hall–Kier alpha value is -1.94. The van der Waals surface area contributed by atoms with Crippen LogP contribution in [0.2, 0.25) is 0 Å². The fraction of sp³-hybridized carbons (Fsp3) is 0.942. The van der Waals surface area contributed by atoms with Crippen molar-refractivity contribution in [1.82, 2.24) is 0 Å². The molecule has 19 heteroatoms. The summed E-state index contributed by atoms with van der Waals surface area (Å²) in [6.45, 7) is 11.7. The van der Waals surface area contributed by atoms with Crippen molar-refractivity contribution in [2.24, 2.45) is 17.8 Å². The van der Waals surface area contributed by atoms with Gasteiger partial charge in [0.1, 0.15) is 19.3 Å². The van der Waals surface area contributed by atoms with Gasteiger partial charge in [0.15, 0.2) is 12.2 Å². The van der Waals surface area contributed by atoms with E-state index >= 15 is 0 Å². The zero-order valence-electron chi connectivity index (χ0n) is 57.2. The minimum Gasteiger partial charge on any atom is -0.462 e. The third kappa shape index (κ3) is 61.6. The highest BCUT2D eigenvalue weighted by Gasteiger charge is 2.30. The van der Waals surface area contributed by atoms with E-state index in [1.54, 1.807) is 0 Å². The van der Waals surface area contributed by atoms with Crippen molar-refractivity contribution in [2.45, 2.75) is 362 Å². The maximum Gasteiger partial charge on any atom is 0.472 e. The van der Waals surface area contributed by atoms with Crippen LogP contribution in [0.15, 0.2) is 0 Å². The number of hydrogen-bond donors (Lipinski definition) is 3. The van der Waals surface area contributed by atoms with E-state index in [1.807, 2.05) is 0 Å². The van der Waals surface area contributed by atoms with Crippen LogP contribution >= 0.6 is 15.6 Å². The average molecular weight is 1300 g/mol. The first-order valence-electron chi connectivity index (χ1n) is 35.9. The van der Waals surface area contributed by atoms with E-state index in [4.69, 9.17) is 37.0 Å². The fourth-order valence-corrected chi connectivity index (χ4v) is 11.9. The zero-order valence-corrected chi connectivity index (χ0v) is 59.0. The number of aliphatic hydroxyl groups is 1. The molecule has 6 atom stereocenters. The predicted molar refractivity (Wildman–Crippen MR) is 354 cm³/mol. The Morgan fingerprint density at radius 1 is 0.330 bits per heavy atom. The molecular formula is C69H134O17P2. The third-order valence-corrected chi connectivity index (χ3v) is 18.1. The molecule has 0 spiro atoms. The topological polar surface area (TPSA) is 237 Å². The Kier molecular flexibility index (Phi) is 58.7. The number of hydrogen-bond acceptors (Lipinski definition) is 15. The first-order valence-corrected chi connectivity index (χ1v) is 38.9. The van der Waals surface area contributed by atoms with Gasteiger partial charge in [0.25, 0.3) is 0 Å². The van der Waals surface area contributed by atoms with Crippen molar-refractivity contribution in [3.8, 4) is 0 Å². The molecule has 522 valence electrons. The van der Waals surface area contributed by atoms with Crippen molar-refractivity contribution in [3.05, 3.63) is 0 Å². The van der Waals surface area contributed by atoms with Gasteiger partial charge in [-0.15, -0.1) is 0 Å². The summed E-state index contributed by atoms with van der Waals surface area (Å²) in [5.41, 5.74) is 0. The molecule has 88 heavy (non-hydrogen) atoms. The molecule has 0 aromatic heterocycles. The van der Waals surface area contributed by atoms with Gasteiger partial charge < -0.3 is 33.8 Å². The van der Waals surface area contributed by atoms with Gasteiger partial charge in [-0.25, -0.2) is 9.13 Å². The quantitative estimate of drug-likeness (QED) is 0.0222. The van der Waals surface area contributed by atoms with Crippen LogP contribution in [0.3, 0.4) is 0 Å². The van der Waals surface area contributed by atoms with E-state index in [0.717, 1.165) is 102 Å². The summed E-state index contributed by atoms with van der Waals surface area (Å²) in [5, 5.41) is 10.6. The van der Waals surface area contributed by atoms with Gasteiger partial charge in [0.05, 0.1) is 26.4 Å². The van der Waals surface area contributed by atoms with Gasteiger partial charge >= 0.3 is 39.5 Å². The van der Waals surface area contributed by atoms with Crippen LogP contribution in [0.5, 0.6) is 0 Å². The number of aliphatic hydroxyl groups excluding tert-OH is 1. The molecule has 0 aromatic carbocycles. The Morgan fingerprint density at radius 2 is 0.580 bits per heavy atom. The van der Waals surface area contributed by atoms with Crippen molar-refractivity contribution < 1.29 is 80.2 Å². The SMILES string of the molecule is CCCCCCCCCCCCCCCCCCC(=O)O[C@H](COC(=O)CCCCCCCCCCCCC(C)CC)COP(=O)(O)OC[C@@H](O)COP(=O)(O)OC[C@@H](COC(=O)CCCCCCCCC(C)C)OC(=O)CCCCCCCCC(C)C. The molecule has 0 aromatic rings. The molecule has 0 aliphatic rings. The second kappa shape index (κ2) is 60.0. The monoisotopic (exact) mass is 1300 g/mol. The first-order chi connectivity index (χ1) is 42.3. The molecule has 0 aliphatic heterocycles. The number of carbonyl (C=O) groups excluding carboxylic acids is 4. The van der Waals surface area contributed by atoms with E-state index in [-0.39, 0.29) is 25.7 Å². The minimum absolute atomic E-state index is 0.101. The lowest BCUT2D eigenvalue weighted by Crippen LogP contribution is -2.30. The largest absolute Gasteiger partial charge is 0.472 e. The summed E-state index contributed by atoms with van der Waals surface area (Å²) in [4.78, 5) is 72.4. The van der Waals surface area contributed by atoms with Gasteiger partial charge in [0.2, 0.25) is 0 Å². The highest BCUT2D eigenvalue weighted by atomic mass is 31.2. The molecule has 3 unspecified atom stereocenters. The van der Waals surface area contributed by atoms with Crippen LogP contribution in [0.1, 0.15) is 344 Å². The Morgan fingerprint density at radius 3 is 0.864 bits per heavy atom. The van der Waals surface area contributed by atoms with Crippen LogP contribution < -0.4 is 0 Å². The molecule has 3 N–H and O–H groups in total. The lowest BCUT2D eigenvalue weighted by molar-refractivity contribution is -0.161. The molecule has 0 saturated carbocycles. The zero-order chi connectivity index (χ0) is 65.2. The normalized spacial score (nSPS) is 14.5. The second-order valence-electron chi connectivity index (χ2n) is 26.1. The molecule has 0 saturated heterocycles.